The van der Waals surface area contributed by atoms with Gasteiger partial charge in [-0.25, -0.2) is 0 Å². The van der Waals surface area contributed by atoms with Crippen LogP contribution in [-0.2, 0) is 33.5 Å². The number of pyridine rings is 1. The molecule has 1 aliphatic rings. The SMILES string of the molecule is CC1Cc2nnc(-c3cccc(C(F)(F)F)c3)cc2C(OC(=O)CC(C=O)NCc2ccncc2)C1. The number of nitrogens with one attached hydrogen (secondary N) is 1. The first-order chi connectivity index (χ1) is 17.2. The van der Waals surface area contributed by atoms with Crippen molar-refractivity contribution in [2.45, 2.75) is 51.1 Å². The maximum atomic E-state index is 13.2. The minimum atomic E-state index is -4.48. The second-order valence-electron chi connectivity index (χ2n) is 8.92. The molecule has 1 N–H and O–H groups in total. The highest BCUT2D eigenvalue weighted by Crippen LogP contribution is 2.37. The van der Waals surface area contributed by atoms with E-state index in [1.165, 1.54) is 12.1 Å². The third kappa shape index (κ3) is 6.31. The van der Waals surface area contributed by atoms with Gasteiger partial charge < -0.3 is 14.8 Å². The van der Waals surface area contributed by atoms with Crippen LogP contribution in [0.2, 0.25) is 0 Å². The first-order valence-electron chi connectivity index (χ1n) is 11.5. The second-order valence-corrected chi connectivity index (χ2v) is 8.92. The number of rotatable bonds is 8. The number of esters is 1. The molecule has 0 bridgehead atoms. The molecule has 3 aromatic rings. The molecule has 10 heteroatoms. The summed E-state index contributed by atoms with van der Waals surface area (Å²) in [6.45, 7) is 2.38. The average molecular weight is 499 g/mol. The number of aldehydes is 1. The number of nitrogens with zero attached hydrogens (tertiary/aromatic N) is 3. The first kappa shape index (κ1) is 25.4. The van der Waals surface area contributed by atoms with E-state index in [2.05, 4.69) is 20.5 Å². The average Bonchev–Trinajstić information content (AvgIpc) is 2.86. The maximum absolute atomic E-state index is 13.2. The molecule has 1 aliphatic carbocycles. The van der Waals surface area contributed by atoms with E-state index in [4.69, 9.17) is 4.74 Å². The van der Waals surface area contributed by atoms with Crippen molar-refractivity contribution in [1.29, 1.82) is 0 Å². The fourth-order valence-corrected chi connectivity index (χ4v) is 4.19. The van der Waals surface area contributed by atoms with Crippen LogP contribution in [0.5, 0.6) is 0 Å². The van der Waals surface area contributed by atoms with Crippen LogP contribution in [0.4, 0.5) is 13.2 Å². The molecule has 0 saturated carbocycles. The number of alkyl halides is 3. The van der Waals surface area contributed by atoms with Gasteiger partial charge in [0.25, 0.3) is 0 Å². The summed E-state index contributed by atoms with van der Waals surface area (Å²) in [4.78, 5) is 28.2. The van der Waals surface area contributed by atoms with Crippen LogP contribution in [0.3, 0.4) is 0 Å². The van der Waals surface area contributed by atoms with E-state index in [1.54, 1.807) is 30.6 Å². The summed E-state index contributed by atoms with van der Waals surface area (Å²) in [5, 5.41) is 11.4. The zero-order valence-electron chi connectivity index (χ0n) is 19.5. The van der Waals surface area contributed by atoms with Crippen molar-refractivity contribution in [2.75, 3.05) is 0 Å². The Kier molecular flexibility index (Phi) is 7.73. The monoisotopic (exact) mass is 498 g/mol. The van der Waals surface area contributed by atoms with Crippen LogP contribution in [0.25, 0.3) is 11.3 Å². The van der Waals surface area contributed by atoms with Crippen molar-refractivity contribution < 1.29 is 27.5 Å². The molecule has 3 atom stereocenters. The van der Waals surface area contributed by atoms with Crippen LogP contribution in [0.15, 0.2) is 54.9 Å². The van der Waals surface area contributed by atoms with Gasteiger partial charge in [0.1, 0.15) is 12.4 Å². The van der Waals surface area contributed by atoms with E-state index < -0.39 is 29.9 Å². The molecule has 0 amide bonds. The molecule has 188 valence electrons. The molecular weight excluding hydrogens is 473 g/mol. The normalized spacial score (nSPS) is 18.2. The van der Waals surface area contributed by atoms with Crippen LogP contribution in [0, 0.1) is 5.92 Å². The number of hydrogen-bond donors (Lipinski definition) is 1. The van der Waals surface area contributed by atoms with E-state index in [0.717, 1.165) is 17.7 Å². The molecule has 0 radical (unpaired) electrons. The Morgan fingerprint density at radius 2 is 1.97 bits per heavy atom. The van der Waals surface area contributed by atoms with Gasteiger partial charge >= 0.3 is 12.1 Å². The lowest BCUT2D eigenvalue weighted by atomic mass is 9.85. The number of carbonyl (C=O) groups excluding carboxylic acids is 2. The van der Waals surface area contributed by atoms with E-state index in [0.29, 0.717) is 36.9 Å². The molecule has 7 nitrogen and oxygen atoms in total. The fraction of sp³-hybridized carbons (Fsp3) is 0.346. The lowest BCUT2D eigenvalue weighted by Crippen LogP contribution is -2.33. The standard InChI is InChI=1S/C26H25F3N4O3/c1-16-9-23-21(13-22(32-33-23)18-3-2-4-19(11-18)26(27,28)29)24(10-16)36-25(35)12-20(15-34)31-14-17-5-7-30-8-6-17/h2-8,11,13,15-16,20,24,31H,9-10,12,14H2,1H3. The number of carbonyl (C=O) groups is 2. The third-order valence-electron chi connectivity index (χ3n) is 6.04. The summed E-state index contributed by atoms with van der Waals surface area (Å²) in [5.74, 6) is -0.396. The Morgan fingerprint density at radius 3 is 2.69 bits per heavy atom. The van der Waals surface area contributed by atoms with Gasteiger partial charge in [0.05, 0.1) is 29.4 Å². The minimum absolute atomic E-state index is 0.159. The predicted molar refractivity (Wildman–Crippen MR) is 124 cm³/mol. The first-order valence-corrected chi connectivity index (χ1v) is 11.5. The minimum Gasteiger partial charge on any atom is -0.457 e. The fourth-order valence-electron chi connectivity index (χ4n) is 4.19. The highest BCUT2D eigenvalue weighted by Gasteiger charge is 2.32. The van der Waals surface area contributed by atoms with E-state index >= 15 is 0 Å². The van der Waals surface area contributed by atoms with E-state index in [-0.39, 0.29) is 23.6 Å². The third-order valence-corrected chi connectivity index (χ3v) is 6.04. The Hall–Kier alpha value is -3.66. The Labute approximate surface area is 206 Å². The quantitative estimate of drug-likeness (QED) is 0.362. The Balaban J connectivity index is 1.49. The molecule has 2 aromatic heterocycles. The molecule has 0 aliphatic heterocycles. The van der Waals surface area contributed by atoms with Gasteiger partial charge in [-0.3, -0.25) is 9.78 Å². The number of aromatic nitrogens is 3. The molecule has 0 fully saturated rings. The van der Waals surface area contributed by atoms with E-state index in [1.807, 2.05) is 6.92 Å². The highest BCUT2D eigenvalue weighted by atomic mass is 19.4. The smallest absolute Gasteiger partial charge is 0.416 e. The van der Waals surface area contributed by atoms with Crippen LogP contribution in [0.1, 0.15) is 48.3 Å². The second kappa shape index (κ2) is 10.9. The summed E-state index contributed by atoms with van der Waals surface area (Å²) in [7, 11) is 0. The number of ether oxygens (including phenoxy) is 1. The van der Waals surface area contributed by atoms with Gasteiger partial charge in [0.15, 0.2) is 0 Å². The molecule has 3 unspecified atom stereocenters. The predicted octanol–water partition coefficient (Wildman–Crippen LogP) is 4.47. The van der Waals surface area contributed by atoms with Crippen LogP contribution in [-0.4, -0.2) is 33.5 Å². The topological polar surface area (TPSA) is 94.1 Å². The zero-order valence-corrected chi connectivity index (χ0v) is 19.5. The Morgan fingerprint density at radius 1 is 1.19 bits per heavy atom. The van der Waals surface area contributed by atoms with Crippen LogP contribution >= 0.6 is 0 Å². The summed E-state index contributed by atoms with van der Waals surface area (Å²) in [6.07, 6.45) is -0.189. The lowest BCUT2D eigenvalue weighted by Gasteiger charge is -2.29. The lowest BCUT2D eigenvalue weighted by molar-refractivity contribution is -0.152. The molecule has 0 spiro atoms. The highest BCUT2D eigenvalue weighted by molar-refractivity contribution is 5.76. The number of halogens is 3. The van der Waals surface area contributed by atoms with E-state index in [9.17, 15) is 22.8 Å². The maximum Gasteiger partial charge on any atom is 0.416 e. The van der Waals surface area contributed by atoms with Gasteiger partial charge in [-0.05, 0) is 54.7 Å². The molecule has 1 aromatic carbocycles. The molecule has 0 saturated heterocycles. The molecule has 36 heavy (non-hydrogen) atoms. The van der Waals surface area contributed by atoms with Crippen molar-refractivity contribution in [3.05, 3.63) is 77.2 Å². The van der Waals surface area contributed by atoms with Gasteiger partial charge in [0, 0.05) is 30.1 Å². The zero-order chi connectivity index (χ0) is 25.7. The summed E-state index contributed by atoms with van der Waals surface area (Å²) in [6, 6.07) is 9.37. The van der Waals surface area contributed by atoms with Crippen molar-refractivity contribution in [2.24, 2.45) is 5.92 Å². The Bertz CT molecular complexity index is 1220. The number of fused-ring (bicyclic) bond motifs is 1. The summed E-state index contributed by atoms with van der Waals surface area (Å²) >= 11 is 0. The van der Waals surface area contributed by atoms with Gasteiger partial charge in [-0.2, -0.15) is 23.4 Å². The summed E-state index contributed by atoms with van der Waals surface area (Å²) < 4.78 is 45.2. The summed E-state index contributed by atoms with van der Waals surface area (Å²) in [5.41, 5.74) is 1.93. The van der Waals surface area contributed by atoms with Gasteiger partial charge in [-0.15, -0.1) is 0 Å². The van der Waals surface area contributed by atoms with Crippen molar-refractivity contribution in [1.82, 2.24) is 20.5 Å². The molecule has 2 heterocycles. The number of benzene rings is 1. The van der Waals surface area contributed by atoms with Gasteiger partial charge in [0.2, 0.25) is 0 Å². The largest absolute Gasteiger partial charge is 0.457 e. The molecular formula is C26H25F3N4O3. The van der Waals surface area contributed by atoms with Crippen molar-refractivity contribution >= 4 is 12.3 Å². The van der Waals surface area contributed by atoms with Crippen LogP contribution < -0.4 is 5.32 Å². The van der Waals surface area contributed by atoms with Gasteiger partial charge in [-0.1, -0.05) is 19.1 Å². The van der Waals surface area contributed by atoms with Crippen molar-refractivity contribution in [3.63, 3.8) is 0 Å². The number of hydrogen-bond acceptors (Lipinski definition) is 7. The van der Waals surface area contributed by atoms with Crippen molar-refractivity contribution in [3.8, 4) is 11.3 Å². The molecule has 4 rings (SSSR count).